The Balaban J connectivity index is 1.65. The molecule has 0 atom stereocenters. The zero-order valence-corrected chi connectivity index (χ0v) is 15.7. The lowest BCUT2D eigenvalue weighted by Crippen LogP contribution is -2.32. The SMILES string of the molecule is O=C(N/N=C\c1ccccn1)c1ccc(S(=O)(=O)N2CCCCCC2)cc1. The summed E-state index contributed by atoms with van der Waals surface area (Å²) in [6.07, 6.45) is 6.96. The molecule has 7 nitrogen and oxygen atoms in total. The number of nitrogens with one attached hydrogen (secondary N) is 1. The number of carbonyl (C=O) groups is 1. The molecular weight excluding hydrogens is 364 g/mol. The third kappa shape index (κ3) is 4.99. The number of hydrazone groups is 1. The van der Waals surface area contributed by atoms with Crippen molar-refractivity contribution in [3.63, 3.8) is 0 Å². The molecule has 3 rings (SSSR count). The van der Waals surface area contributed by atoms with Gasteiger partial charge in [-0.15, -0.1) is 0 Å². The normalized spacial score (nSPS) is 16.1. The van der Waals surface area contributed by atoms with E-state index in [0.29, 0.717) is 24.3 Å². The van der Waals surface area contributed by atoms with Crippen LogP contribution in [0.2, 0.25) is 0 Å². The van der Waals surface area contributed by atoms with Crippen molar-refractivity contribution in [2.45, 2.75) is 30.6 Å². The molecule has 0 bridgehead atoms. The van der Waals surface area contributed by atoms with Crippen molar-refractivity contribution >= 4 is 22.1 Å². The molecule has 0 radical (unpaired) electrons. The predicted molar refractivity (Wildman–Crippen MR) is 103 cm³/mol. The van der Waals surface area contributed by atoms with Crippen molar-refractivity contribution in [2.75, 3.05) is 13.1 Å². The first-order chi connectivity index (χ1) is 13.1. The number of pyridine rings is 1. The predicted octanol–water partition coefficient (Wildman–Crippen LogP) is 2.41. The fourth-order valence-electron chi connectivity index (χ4n) is 2.88. The number of hydrogen-bond acceptors (Lipinski definition) is 5. The van der Waals surface area contributed by atoms with Gasteiger partial charge in [-0.1, -0.05) is 18.9 Å². The molecule has 1 aliphatic rings. The van der Waals surface area contributed by atoms with Crippen LogP contribution < -0.4 is 5.43 Å². The fraction of sp³-hybridized carbons (Fsp3) is 0.316. The Kier molecular flexibility index (Phi) is 6.31. The Hall–Kier alpha value is -2.58. The molecule has 0 spiro atoms. The summed E-state index contributed by atoms with van der Waals surface area (Å²) in [5, 5.41) is 3.86. The lowest BCUT2D eigenvalue weighted by atomic mass is 10.2. The maximum atomic E-state index is 12.7. The largest absolute Gasteiger partial charge is 0.271 e. The molecule has 1 aromatic heterocycles. The highest BCUT2D eigenvalue weighted by atomic mass is 32.2. The standard InChI is InChI=1S/C19H22N4O3S/c24-19(22-21-15-17-7-3-4-12-20-17)16-8-10-18(11-9-16)27(25,26)23-13-5-1-2-6-14-23/h3-4,7-12,15H,1-2,5-6,13-14H2,(H,22,24)/b21-15-. The molecular formula is C19H22N4O3S. The van der Waals surface area contributed by atoms with Crippen molar-refractivity contribution in [1.29, 1.82) is 0 Å². The Morgan fingerprint density at radius 3 is 2.37 bits per heavy atom. The minimum Gasteiger partial charge on any atom is -0.267 e. The van der Waals surface area contributed by atoms with E-state index in [2.05, 4.69) is 15.5 Å². The van der Waals surface area contributed by atoms with Crippen LogP contribution in [0.25, 0.3) is 0 Å². The number of benzene rings is 1. The van der Waals surface area contributed by atoms with Crippen LogP contribution in [0.3, 0.4) is 0 Å². The molecule has 2 aromatic rings. The van der Waals surface area contributed by atoms with Crippen LogP contribution in [0.5, 0.6) is 0 Å². The average Bonchev–Trinajstić information content (AvgIpc) is 2.99. The molecule has 0 saturated carbocycles. The molecule has 1 aromatic carbocycles. The fourth-order valence-corrected chi connectivity index (χ4v) is 4.40. The van der Waals surface area contributed by atoms with E-state index in [0.717, 1.165) is 25.7 Å². The van der Waals surface area contributed by atoms with Crippen LogP contribution in [0.1, 0.15) is 41.7 Å². The van der Waals surface area contributed by atoms with E-state index < -0.39 is 15.9 Å². The molecule has 0 aliphatic carbocycles. The van der Waals surface area contributed by atoms with Gasteiger partial charge in [-0.05, 0) is 49.2 Å². The number of sulfonamides is 1. The molecule has 1 aliphatic heterocycles. The van der Waals surface area contributed by atoms with E-state index in [-0.39, 0.29) is 4.90 Å². The third-order valence-corrected chi connectivity index (χ3v) is 6.28. The van der Waals surface area contributed by atoms with Gasteiger partial charge in [-0.3, -0.25) is 9.78 Å². The maximum Gasteiger partial charge on any atom is 0.271 e. The summed E-state index contributed by atoms with van der Waals surface area (Å²) in [7, 11) is -3.52. The second kappa shape index (κ2) is 8.88. The molecule has 8 heteroatoms. The summed E-state index contributed by atoms with van der Waals surface area (Å²) in [5.41, 5.74) is 3.37. The zero-order valence-electron chi connectivity index (χ0n) is 14.9. The summed E-state index contributed by atoms with van der Waals surface area (Å²) < 4.78 is 27.0. The van der Waals surface area contributed by atoms with Gasteiger partial charge in [0, 0.05) is 24.8 Å². The average molecular weight is 386 g/mol. The first kappa shape index (κ1) is 19.2. The first-order valence-electron chi connectivity index (χ1n) is 8.92. The summed E-state index contributed by atoms with van der Waals surface area (Å²) >= 11 is 0. The van der Waals surface area contributed by atoms with Gasteiger partial charge in [0.05, 0.1) is 16.8 Å². The lowest BCUT2D eigenvalue weighted by Gasteiger charge is -2.19. The highest BCUT2D eigenvalue weighted by Gasteiger charge is 2.25. The first-order valence-corrected chi connectivity index (χ1v) is 10.4. The molecule has 1 saturated heterocycles. The minimum absolute atomic E-state index is 0.206. The van der Waals surface area contributed by atoms with Gasteiger partial charge in [-0.2, -0.15) is 9.41 Å². The van der Waals surface area contributed by atoms with Crippen molar-refractivity contribution in [1.82, 2.24) is 14.7 Å². The summed E-state index contributed by atoms with van der Waals surface area (Å²) in [6.45, 7) is 1.10. The van der Waals surface area contributed by atoms with Crippen LogP contribution in [-0.2, 0) is 10.0 Å². The van der Waals surface area contributed by atoms with Gasteiger partial charge in [0.25, 0.3) is 5.91 Å². The highest BCUT2D eigenvalue weighted by molar-refractivity contribution is 7.89. The molecule has 27 heavy (non-hydrogen) atoms. The van der Waals surface area contributed by atoms with Gasteiger partial charge >= 0.3 is 0 Å². The van der Waals surface area contributed by atoms with Crippen molar-refractivity contribution in [2.24, 2.45) is 5.10 Å². The van der Waals surface area contributed by atoms with Crippen molar-refractivity contribution in [3.05, 3.63) is 59.9 Å². The summed E-state index contributed by atoms with van der Waals surface area (Å²) in [4.78, 5) is 16.4. The summed E-state index contributed by atoms with van der Waals surface area (Å²) in [5.74, 6) is -0.416. The van der Waals surface area contributed by atoms with E-state index in [1.165, 1.54) is 34.8 Å². The number of carbonyl (C=O) groups excluding carboxylic acids is 1. The topological polar surface area (TPSA) is 91.7 Å². The van der Waals surface area contributed by atoms with E-state index in [9.17, 15) is 13.2 Å². The van der Waals surface area contributed by atoms with Gasteiger partial charge in [0.2, 0.25) is 10.0 Å². The highest BCUT2D eigenvalue weighted by Crippen LogP contribution is 2.20. The molecule has 142 valence electrons. The van der Waals surface area contributed by atoms with Crippen molar-refractivity contribution in [3.8, 4) is 0 Å². The van der Waals surface area contributed by atoms with Gasteiger partial charge < -0.3 is 0 Å². The molecule has 1 fully saturated rings. The Labute approximate surface area is 159 Å². The van der Waals surface area contributed by atoms with Crippen LogP contribution in [0, 0.1) is 0 Å². The van der Waals surface area contributed by atoms with Crippen molar-refractivity contribution < 1.29 is 13.2 Å². The van der Waals surface area contributed by atoms with Crippen LogP contribution in [0.15, 0.2) is 58.7 Å². The smallest absolute Gasteiger partial charge is 0.267 e. The second-order valence-electron chi connectivity index (χ2n) is 6.30. The number of amides is 1. The quantitative estimate of drug-likeness (QED) is 0.631. The van der Waals surface area contributed by atoms with Crippen LogP contribution in [-0.4, -0.2) is 42.9 Å². The van der Waals surface area contributed by atoms with E-state index in [1.807, 2.05) is 6.07 Å². The Bertz CT molecular complexity index is 888. The van der Waals surface area contributed by atoms with E-state index in [1.54, 1.807) is 18.3 Å². The van der Waals surface area contributed by atoms with E-state index >= 15 is 0 Å². The van der Waals surface area contributed by atoms with Crippen LogP contribution in [0.4, 0.5) is 0 Å². The van der Waals surface area contributed by atoms with Gasteiger partial charge in [-0.25, -0.2) is 13.8 Å². The third-order valence-electron chi connectivity index (χ3n) is 4.37. The molecule has 0 unspecified atom stereocenters. The minimum atomic E-state index is -3.52. The van der Waals surface area contributed by atoms with Gasteiger partial charge in [0.1, 0.15) is 0 Å². The Morgan fingerprint density at radius 1 is 1.04 bits per heavy atom. The monoisotopic (exact) mass is 386 g/mol. The second-order valence-corrected chi connectivity index (χ2v) is 8.23. The lowest BCUT2D eigenvalue weighted by molar-refractivity contribution is 0.0955. The zero-order chi connectivity index (χ0) is 19.1. The number of hydrogen-bond donors (Lipinski definition) is 1. The number of aromatic nitrogens is 1. The summed E-state index contributed by atoms with van der Waals surface area (Å²) in [6, 6.07) is 11.3. The Morgan fingerprint density at radius 2 is 1.74 bits per heavy atom. The number of nitrogens with zero attached hydrogens (tertiary/aromatic N) is 3. The van der Waals surface area contributed by atoms with Gasteiger partial charge in [0.15, 0.2) is 0 Å². The van der Waals surface area contributed by atoms with E-state index in [4.69, 9.17) is 0 Å². The number of rotatable bonds is 5. The molecule has 2 heterocycles. The van der Waals surface area contributed by atoms with Crippen LogP contribution >= 0.6 is 0 Å². The molecule has 1 N–H and O–H groups in total. The molecule has 1 amide bonds. The maximum absolute atomic E-state index is 12.7.